The first-order chi connectivity index (χ1) is 26.2. The molecule has 0 radical (unpaired) electrons. The first-order valence-electron chi connectivity index (χ1n) is 17.6. The summed E-state index contributed by atoms with van der Waals surface area (Å²) in [4.78, 5) is 10.2. The van der Waals surface area contributed by atoms with Gasteiger partial charge >= 0.3 is 5.82 Å². The number of hydrogen-bond donors (Lipinski definition) is 0. The van der Waals surface area contributed by atoms with Crippen molar-refractivity contribution in [2.24, 2.45) is 7.05 Å². The highest BCUT2D eigenvalue weighted by Crippen LogP contribution is 2.40. The van der Waals surface area contributed by atoms with Crippen molar-refractivity contribution in [2.75, 3.05) is 0 Å². The van der Waals surface area contributed by atoms with E-state index in [-0.39, 0.29) is 0 Å². The van der Waals surface area contributed by atoms with Gasteiger partial charge in [0.15, 0.2) is 0 Å². The van der Waals surface area contributed by atoms with Crippen molar-refractivity contribution in [2.45, 2.75) is 0 Å². The second kappa shape index (κ2) is 12.2. The summed E-state index contributed by atoms with van der Waals surface area (Å²) in [6, 6.07) is 61.0. The normalized spacial score (nSPS) is 11.5. The van der Waals surface area contributed by atoms with Gasteiger partial charge in [0.25, 0.3) is 11.6 Å². The van der Waals surface area contributed by atoms with E-state index in [1.807, 2.05) is 67.7 Å². The molecule has 10 rings (SSSR count). The standard InChI is InChI=1S/C47H31N6/c1-51-46(33-16-7-3-8-17-33)49-45(32-14-5-2-6-15-32)50-47(51)34-18-13-21-36(27-34)53-42-25-24-31(30-48)26-38(42)40-28-39-37-22-11-12-23-41(37)52(43(39)29-44(40)53)35-19-9-4-10-20-35/h2-29H,1H3/q+1. The zero-order chi connectivity index (χ0) is 35.5. The van der Waals surface area contributed by atoms with Crippen LogP contribution in [0.1, 0.15) is 5.56 Å². The molecule has 0 spiro atoms. The number of para-hydroxylation sites is 2. The Balaban J connectivity index is 1.25. The molecule has 7 aromatic carbocycles. The Labute approximate surface area is 305 Å². The van der Waals surface area contributed by atoms with Crippen LogP contribution in [-0.2, 0) is 7.05 Å². The largest absolute Gasteiger partial charge is 0.309 e. The highest BCUT2D eigenvalue weighted by molar-refractivity contribution is 6.19. The number of fused-ring (bicyclic) bond motifs is 6. The molecule has 3 aromatic heterocycles. The first kappa shape index (κ1) is 30.5. The Hall–Kier alpha value is -7.36. The molecule has 0 aliphatic heterocycles. The van der Waals surface area contributed by atoms with Gasteiger partial charge in [0, 0.05) is 32.9 Å². The minimum absolute atomic E-state index is 0.631. The molecule has 248 valence electrons. The predicted molar refractivity (Wildman–Crippen MR) is 213 cm³/mol. The molecule has 0 aliphatic carbocycles. The van der Waals surface area contributed by atoms with Crippen LogP contribution < -0.4 is 4.57 Å². The van der Waals surface area contributed by atoms with Gasteiger partial charge in [-0.05, 0) is 91.0 Å². The van der Waals surface area contributed by atoms with Crippen molar-refractivity contribution in [1.82, 2.24) is 19.1 Å². The van der Waals surface area contributed by atoms with Gasteiger partial charge in [-0.3, -0.25) is 0 Å². The topological polar surface area (TPSA) is 63.3 Å². The van der Waals surface area contributed by atoms with E-state index in [1.54, 1.807) is 0 Å². The van der Waals surface area contributed by atoms with Crippen LogP contribution in [0, 0.1) is 11.3 Å². The Bertz CT molecular complexity index is 3060. The number of hydrogen-bond acceptors (Lipinski definition) is 3. The zero-order valence-corrected chi connectivity index (χ0v) is 28.8. The summed E-state index contributed by atoms with van der Waals surface area (Å²) in [5.41, 5.74) is 10.0. The van der Waals surface area contributed by atoms with Gasteiger partial charge in [-0.2, -0.15) is 5.26 Å². The minimum atomic E-state index is 0.631. The van der Waals surface area contributed by atoms with E-state index < -0.39 is 0 Å². The molecule has 3 heterocycles. The molecule has 0 saturated carbocycles. The highest BCUT2D eigenvalue weighted by atomic mass is 15.1. The fraction of sp³-hybridized carbons (Fsp3) is 0.0213. The molecule has 0 N–H and O–H groups in total. The van der Waals surface area contributed by atoms with Crippen LogP contribution in [0.25, 0.3) is 89.2 Å². The van der Waals surface area contributed by atoms with Crippen molar-refractivity contribution >= 4 is 43.6 Å². The SMILES string of the molecule is C[n+]1c(-c2ccccc2)nc(-c2ccccc2)nc1-c1cccc(-n2c3ccc(C#N)cc3c3cc4c5ccccc5n(-c5ccccc5)c4cc32)c1. The molecule has 0 aliphatic rings. The van der Waals surface area contributed by atoms with Crippen LogP contribution in [0.2, 0.25) is 0 Å². The fourth-order valence-corrected chi connectivity index (χ4v) is 7.76. The van der Waals surface area contributed by atoms with Gasteiger partial charge in [0.05, 0.1) is 57.4 Å². The molecule has 6 nitrogen and oxygen atoms in total. The van der Waals surface area contributed by atoms with Crippen molar-refractivity contribution < 1.29 is 4.57 Å². The summed E-state index contributed by atoms with van der Waals surface area (Å²) in [5.74, 6) is 2.30. The van der Waals surface area contributed by atoms with E-state index in [0.717, 1.165) is 72.6 Å². The van der Waals surface area contributed by atoms with Crippen molar-refractivity contribution in [3.63, 3.8) is 0 Å². The van der Waals surface area contributed by atoms with Gasteiger partial charge in [-0.15, -0.1) is 0 Å². The zero-order valence-electron chi connectivity index (χ0n) is 28.8. The summed E-state index contributed by atoms with van der Waals surface area (Å²) >= 11 is 0. The minimum Gasteiger partial charge on any atom is -0.309 e. The molecule has 10 aromatic rings. The van der Waals surface area contributed by atoms with E-state index in [9.17, 15) is 5.26 Å². The third-order valence-electron chi connectivity index (χ3n) is 10.2. The Morgan fingerprint density at radius 3 is 1.74 bits per heavy atom. The Kier molecular flexibility index (Phi) is 6.98. The molecule has 0 unspecified atom stereocenters. The van der Waals surface area contributed by atoms with E-state index in [1.165, 1.54) is 10.8 Å². The van der Waals surface area contributed by atoms with Crippen LogP contribution >= 0.6 is 0 Å². The third-order valence-corrected chi connectivity index (χ3v) is 10.2. The van der Waals surface area contributed by atoms with Crippen molar-refractivity contribution in [3.05, 3.63) is 175 Å². The Morgan fingerprint density at radius 2 is 1.00 bits per heavy atom. The quantitative estimate of drug-likeness (QED) is 0.170. The average Bonchev–Trinajstić information content (AvgIpc) is 3.72. The number of benzene rings is 7. The van der Waals surface area contributed by atoms with Gasteiger partial charge in [-0.25, -0.2) is 4.57 Å². The van der Waals surface area contributed by atoms with Crippen molar-refractivity contribution in [3.8, 4) is 51.6 Å². The molecule has 0 saturated heterocycles. The summed E-state index contributed by atoms with van der Waals surface area (Å²) in [7, 11) is 2.03. The molecule has 6 heteroatoms. The lowest BCUT2D eigenvalue weighted by molar-refractivity contribution is -0.654. The summed E-state index contributed by atoms with van der Waals surface area (Å²) in [5, 5.41) is 14.4. The second-order valence-corrected chi connectivity index (χ2v) is 13.3. The van der Waals surface area contributed by atoms with Crippen LogP contribution in [0.5, 0.6) is 0 Å². The average molecular weight is 680 g/mol. The fourth-order valence-electron chi connectivity index (χ4n) is 7.76. The Morgan fingerprint density at radius 1 is 0.453 bits per heavy atom. The lowest BCUT2D eigenvalue weighted by atomic mass is 10.1. The molecular weight excluding hydrogens is 649 g/mol. The van der Waals surface area contributed by atoms with Crippen LogP contribution in [0.3, 0.4) is 0 Å². The lowest BCUT2D eigenvalue weighted by Gasteiger charge is -2.12. The molecule has 0 atom stereocenters. The molecule has 0 fully saturated rings. The van der Waals surface area contributed by atoms with E-state index in [2.05, 4.69) is 129 Å². The maximum atomic E-state index is 9.96. The first-order valence-corrected chi connectivity index (χ1v) is 17.6. The van der Waals surface area contributed by atoms with Gasteiger partial charge in [0.1, 0.15) is 0 Å². The highest BCUT2D eigenvalue weighted by Gasteiger charge is 2.25. The molecule has 0 amide bonds. The van der Waals surface area contributed by atoms with Crippen molar-refractivity contribution in [1.29, 1.82) is 5.26 Å². The molecule has 0 bridgehead atoms. The van der Waals surface area contributed by atoms with Gasteiger partial charge < -0.3 is 9.13 Å². The smallest absolute Gasteiger partial charge is 0.308 e. The second-order valence-electron chi connectivity index (χ2n) is 13.3. The van der Waals surface area contributed by atoms with Gasteiger partial charge in [0.2, 0.25) is 0 Å². The predicted octanol–water partition coefficient (Wildman–Crippen LogP) is 10.4. The summed E-state index contributed by atoms with van der Waals surface area (Å²) in [6.45, 7) is 0. The molecular formula is C47H31N6+. The number of nitriles is 1. The summed E-state index contributed by atoms with van der Waals surface area (Å²) in [6.07, 6.45) is 0. The van der Waals surface area contributed by atoms with Crippen LogP contribution in [0.4, 0.5) is 0 Å². The number of nitrogens with zero attached hydrogens (tertiary/aromatic N) is 6. The maximum absolute atomic E-state index is 9.96. The number of aromatic nitrogens is 5. The monoisotopic (exact) mass is 679 g/mol. The molecule has 53 heavy (non-hydrogen) atoms. The van der Waals surface area contributed by atoms with E-state index in [0.29, 0.717) is 11.4 Å². The van der Waals surface area contributed by atoms with E-state index in [4.69, 9.17) is 9.97 Å². The third kappa shape index (κ3) is 4.90. The summed E-state index contributed by atoms with van der Waals surface area (Å²) < 4.78 is 6.74. The number of rotatable bonds is 5. The van der Waals surface area contributed by atoms with E-state index >= 15 is 0 Å². The van der Waals surface area contributed by atoms with Crippen LogP contribution in [0.15, 0.2) is 170 Å². The van der Waals surface area contributed by atoms with Crippen LogP contribution in [-0.4, -0.2) is 19.1 Å². The lowest BCUT2D eigenvalue weighted by Crippen LogP contribution is -2.37. The maximum Gasteiger partial charge on any atom is 0.308 e. The van der Waals surface area contributed by atoms with Gasteiger partial charge in [-0.1, -0.05) is 88.8 Å².